The summed E-state index contributed by atoms with van der Waals surface area (Å²) < 4.78 is 0. The number of rotatable bonds is 4. The second-order valence-electron chi connectivity index (χ2n) is 7.07. The fourth-order valence-electron chi connectivity index (χ4n) is 3.50. The van der Waals surface area contributed by atoms with Gasteiger partial charge < -0.3 is 0 Å². The van der Waals surface area contributed by atoms with Crippen molar-refractivity contribution in [3.05, 3.63) is 87.0 Å². The van der Waals surface area contributed by atoms with E-state index in [2.05, 4.69) is 10.2 Å². The van der Waals surface area contributed by atoms with E-state index in [1.165, 1.54) is 0 Å². The molecule has 0 fully saturated rings. The molecule has 0 atom stereocenters. The summed E-state index contributed by atoms with van der Waals surface area (Å²) >= 11 is 3.19. The quantitative estimate of drug-likeness (QED) is 0.372. The molecule has 0 saturated carbocycles. The second-order valence-corrected chi connectivity index (χ2v) is 9.47. The molecule has 7 heteroatoms. The molecule has 31 heavy (non-hydrogen) atoms. The average molecular weight is 443 g/mol. The summed E-state index contributed by atoms with van der Waals surface area (Å²) in [6, 6.07) is 20.1. The van der Waals surface area contributed by atoms with Gasteiger partial charge in [0.15, 0.2) is 0 Å². The Hall–Kier alpha value is -3.42. The summed E-state index contributed by atoms with van der Waals surface area (Å²) in [6.45, 7) is 4.01. The highest BCUT2D eigenvalue weighted by Gasteiger charge is 2.22. The molecule has 0 saturated heterocycles. The zero-order valence-corrected chi connectivity index (χ0v) is 18.6. The van der Waals surface area contributed by atoms with Crippen LogP contribution in [0, 0.1) is 13.8 Å². The van der Waals surface area contributed by atoms with Crippen LogP contribution in [-0.4, -0.2) is 20.2 Å². The van der Waals surface area contributed by atoms with Crippen LogP contribution < -0.4 is 5.56 Å². The standard InChI is InChI=1S/C24H18N4OS2/c1-14-20(26-23(30-14)16-9-5-3-6-10-16)18-13-25-28-22(29)19(18)21-15(2)31-24(27-21)17-11-7-4-8-12-17/h3-13H,1-2H3,(H,28,29). The van der Waals surface area contributed by atoms with E-state index in [-0.39, 0.29) is 5.56 Å². The van der Waals surface area contributed by atoms with Gasteiger partial charge >= 0.3 is 0 Å². The van der Waals surface area contributed by atoms with Gasteiger partial charge in [-0.05, 0) is 13.8 Å². The van der Waals surface area contributed by atoms with Crippen LogP contribution in [0.15, 0.2) is 71.7 Å². The monoisotopic (exact) mass is 442 g/mol. The number of aryl methyl sites for hydroxylation is 2. The van der Waals surface area contributed by atoms with Gasteiger partial charge in [0.2, 0.25) is 0 Å². The van der Waals surface area contributed by atoms with Crippen molar-refractivity contribution < 1.29 is 0 Å². The van der Waals surface area contributed by atoms with E-state index < -0.39 is 0 Å². The van der Waals surface area contributed by atoms with Crippen LogP contribution in [0.5, 0.6) is 0 Å². The normalized spacial score (nSPS) is 11.0. The maximum Gasteiger partial charge on any atom is 0.274 e. The van der Waals surface area contributed by atoms with E-state index in [0.29, 0.717) is 16.8 Å². The van der Waals surface area contributed by atoms with Gasteiger partial charge in [0.1, 0.15) is 10.0 Å². The zero-order chi connectivity index (χ0) is 21.4. The molecular formula is C24H18N4OS2. The first kappa shape index (κ1) is 19.5. The fraction of sp³-hybridized carbons (Fsp3) is 0.0833. The number of aromatic nitrogens is 4. The van der Waals surface area contributed by atoms with Crippen LogP contribution in [0.2, 0.25) is 0 Å². The Morgan fingerprint density at radius 1 is 0.742 bits per heavy atom. The molecule has 3 aromatic heterocycles. The summed E-state index contributed by atoms with van der Waals surface area (Å²) in [5.74, 6) is 0. The van der Waals surface area contributed by atoms with Crippen LogP contribution in [0.4, 0.5) is 0 Å². The van der Waals surface area contributed by atoms with Crippen LogP contribution in [0.3, 0.4) is 0 Å². The number of benzene rings is 2. The Kier molecular flexibility index (Phi) is 5.05. The van der Waals surface area contributed by atoms with E-state index in [1.54, 1.807) is 28.9 Å². The number of hydrogen-bond acceptors (Lipinski definition) is 6. The van der Waals surface area contributed by atoms with Gasteiger partial charge in [-0.3, -0.25) is 4.79 Å². The maximum absolute atomic E-state index is 12.9. The molecule has 0 bridgehead atoms. The number of H-pyrrole nitrogens is 1. The number of hydrogen-bond donors (Lipinski definition) is 1. The number of nitrogens with one attached hydrogen (secondary N) is 1. The van der Waals surface area contributed by atoms with Crippen molar-refractivity contribution >= 4 is 22.7 Å². The Morgan fingerprint density at radius 2 is 1.26 bits per heavy atom. The van der Waals surface area contributed by atoms with Gasteiger partial charge in [0.05, 0.1) is 23.1 Å². The van der Waals surface area contributed by atoms with E-state index in [0.717, 1.165) is 36.6 Å². The molecule has 1 N–H and O–H groups in total. The van der Waals surface area contributed by atoms with E-state index in [1.807, 2.05) is 74.5 Å². The molecule has 5 nitrogen and oxygen atoms in total. The molecular weight excluding hydrogens is 424 g/mol. The molecule has 0 amide bonds. The molecule has 0 unspecified atom stereocenters. The van der Waals surface area contributed by atoms with Crippen molar-refractivity contribution in [3.63, 3.8) is 0 Å². The lowest BCUT2D eigenvalue weighted by Gasteiger charge is -2.05. The van der Waals surface area contributed by atoms with Crippen molar-refractivity contribution in [3.8, 4) is 43.7 Å². The van der Waals surface area contributed by atoms with E-state index in [9.17, 15) is 4.79 Å². The highest BCUT2D eigenvalue weighted by Crippen LogP contribution is 2.39. The molecule has 3 heterocycles. The highest BCUT2D eigenvalue weighted by molar-refractivity contribution is 7.15. The van der Waals surface area contributed by atoms with Gasteiger partial charge in [-0.1, -0.05) is 60.7 Å². The molecule has 0 aliphatic rings. The average Bonchev–Trinajstić information content (AvgIpc) is 3.37. The molecule has 2 aromatic carbocycles. The van der Waals surface area contributed by atoms with Crippen LogP contribution in [0.25, 0.3) is 43.7 Å². The smallest absolute Gasteiger partial charge is 0.267 e. The van der Waals surface area contributed by atoms with Crippen molar-refractivity contribution in [2.45, 2.75) is 13.8 Å². The van der Waals surface area contributed by atoms with Crippen LogP contribution >= 0.6 is 22.7 Å². The van der Waals surface area contributed by atoms with Crippen LogP contribution in [-0.2, 0) is 0 Å². The Bertz CT molecular complexity index is 1420. The van der Waals surface area contributed by atoms with Crippen molar-refractivity contribution in [1.29, 1.82) is 0 Å². The second kappa shape index (κ2) is 8.02. The predicted octanol–water partition coefficient (Wildman–Crippen LogP) is 5.97. The molecule has 5 aromatic rings. The molecule has 0 aliphatic carbocycles. The van der Waals surface area contributed by atoms with Gasteiger partial charge in [-0.25, -0.2) is 15.1 Å². The zero-order valence-electron chi connectivity index (χ0n) is 16.9. The lowest BCUT2D eigenvalue weighted by molar-refractivity contribution is 0.989. The van der Waals surface area contributed by atoms with Crippen molar-refractivity contribution in [2.75, 3.05) is 0 Å². The van der Waals surface area contributed by atoms with Gasteiger partial charge in [0, 0.05) is 26.4 Å². The number of nitrogens with zero attached hydrogens (tertiary/aromatic N) is 3. The topological polar surface area (TPSA) is 71.5 Å². The van der Waals surface area contributed by atoms with Crippen molar-refractivity contribution in [1.82, 2.24) is 20.2 Å². The largest absolute Gasteiger partial charge is 0.274 e. The molecule has 152 valence electrons. The Labute approximate surface area is 187 Å². The third-order valence-electron chi connectivity index (χ3n) is 4.98. The Morgan fingerprint density at radius 3 is 1.84 bits per heavy atom. The first-order chi connectivity index (χ1) is 15.1. The fourth-order valence-corrected chi connectivity index (χ4v) is 5.35. The molecule has 0 aliphatic heterocycles. The van der Waals surface area contributed by atoms with Gasteiger partial charge in [-0.15, -0.1) is 22.7 Å². The minimum absolute atomic E-state index is 0.265. The predicted molar refractivity (Wildman–Crippen MR) is 127 cm³/mol. The van der Waals surface area contributed by atoms with E-state index in [4.69, 9.17) is 9.97 Å². The molecule has 0 spiro atoms. The summed E-state index contributed by atoms with van der Waals surface area (Å²) in [6.07, 6.45) is 1.68. The SMILES string of the molecule is Cc1sc(-c2ccccc2)nc1-c1cn[nH]c(=O)c1-c1nc(-c2ccccc2)sc1C. The van der Waals surface area contributed by atoms with E-state index >= 15 is 0 Å². The lowest BCUT2D eigenvalue weighted by Crippen LogP contribution is -2.13. The lowest BCUT2D eigenvalue weighted by atomic mass is 10.0. The van der Waals surface area contributed by atoms with Gasteiger partial charge in [-0.2, -0.15) is 5.10 Å². The summed E-state index contributed by atoms with van der Waals surface area (Å²) in [5, 5.41) is 8.45. The molecule has 0 radical (unpaired) electrons. The third-order valence-corrected chi connectivity index (χ3v) is 7.02. The summed E-state index contributed by atoms with van der Waals surface area (Å²) in [5.41, 5.74) is 4.48. The third kappa shape index (κ3) is 3.62. The van der Waals surface area contributed by atoms with Crippen molar-refractivity contribution in [2.24, 2.45) is 0 Å². The van der Waals surface area contributed by atoms with Crippen LogP contribution in [0.1, 0.15) is 9.75 Å². The summed E-state index contributed by atoms with van der Waals surface area (Å²) in [4.78, 5) is 24.6. The first-order valence-corrected chi connectivity index (χ1v) is 11.4. The minimum Gasteiger partial charge on any atom is -0.267 e. The highest BCUT2D eigenvalue weighted by atomic mass is 32.1. The van der Waals surface area contributed by atoms with Gasteiger partial charge in [0.25, 0.3) is 5.56 Å². The number of thiazole rings is 2. The minimum atomic E-state index is -0.265. The maximum atomic E-state index is 12.9. The first-order valence-electron chi connectivity index (χ1n) is 9.76. The molecule has 5 rings (SSSR count). The summed E-state index contributed by atoms with van der Waals surface area (Å²) in [7, 11) is 0. The number of aromatic amines is 1. The Balaban J connectivity index is 1.67.